The number of benzene rings is 2. The molecule has 0 aromatic heterocycles. The van der Waals surface area contributed by atoms with Gasteiger partial charge in [0.05, 0.1) is 13.2 Å². The Hall–Kier alpha value is -2.66. The van der Waals surface area contributed by atoms with Gasteiger partial charge in [0.1, 0.15) is 5.75 Å². The van der Waals surface area contributed by atoms with E-state index in [4.69, 9.17) is 4.74 Å². The fourth-order valence-corrected chi connectivity index (χ4v) is 3.12. The van der Waals surface area contributed by atoms with Gasteiger partial charge >= 0.3 is 0 Å². The van der Waals surface area contributed by atoms with Crippen LogP contribution < -0.4 is 10.1 Å². The van der Waals surface area contributed by atoms with Gasteiger partial charge in [0.2, 0.25) is 5.91 Å². The van der Waals surface area contributed by atoms with Gasteiger partial charge in [0, 0.05) is 23.8 Å². The normalized spacial score (nSPS) is 14.7. The smallest absolute Gasteiger partial charge is 0.241 e. The minimum absolute atomic E-state index is 0.0145. The lowest BCUT2D eigenvalue weighted by molar-refractivity contribution is -0.121. The van der Waals surface area contributed by atoms with E-state index in [1.807, 2.05) is 31.2 Å². The third kappa shape index (κ3) is 4.95. The van der Waals surface area contributed by atoms with Gasteiger partial charge in [-0.1, -0.05) is 12.1 Å². The summed E-state index contributed by atoms with van der Waals surface area (Å²) in [6, 6.07) is 15.2. The molecule has 1 amide bonds. The van der Waals surface area contributed by atoms with Crippen LogP contribution in [0.15, 0.2) is 48.5 Å². The number of carbonyl (C=O) groups excluding carboxylic acids is 2. The Morgan fingerprint density at radius 2 is 1.74 bits per heavy atom. The molecule has 0 saturated heterocycles. The highest BCUT2D eigenvalue weighted by Gasteiger charge is 2.35. The Kier molecular flexibility index (Phi) is 5.91. The number of amides is 1. The van der Waals surface area contributed by atoms with Crippen molar-refractivity contribution in [2.24, 2.45) is 0 Å². The molecule has 5 heteroatoms. The van der Waals surface area contributed by atoms with E-state index in [0.29, 0.717) is 17.3 Å². The predicted octanol–water partition coefficient (Wildman–Crippen LogP) is 3.89. The van der Waals surface area contributed by atoms with Gasteiger partial charge in [-0.3, -0.25) is 14.5 Å². The second-order valence-electron chi connectivity index (χ2n) is 7.05. The maximum atomic E-state index is 12.8. The lowest BCUT2D eigenvalue weighted by Gasteiger charge is -2.28. The van der Waals surface area contributed by atoms with Crippen LogP contribution in [0.4, 0.5) is 5.69 Å². The SMILES string of the molecule is COc1ccc(CN(C2CC2)[C@H](C)C(=O)Nc2ccc(C(C)=O)cc2)cc1. The second kappa shape index (κ2) is 8.35. The zero-order valence-electron chi connectivity index (χ0n) is 16.1. The average molecular weight is 366 g/mol. The van der Waals surface area contributed by atoms with Gasteiger partial charge in [-0.25, -0.2) is 0 Å². The molecule has 1 atom stereocenters. The minimum atomic E-state index is -0.243. The van der Waals surface area contributed by atoms with Crippen LogP contribution in [0.1, 0.15) is 42.6 Å². The predicted molar refractivity (Wildman–Crippen MR) is 106 cm³/mol. The third-order valence-electron chi connectivity index (χ3n) is 4.98. The molecule has 0 aliphatic heterocycles. The first-order valence-corrected chi connectivity index (χ1v) is 9.28. The van der Waals surface area contributed by atoms with Crippen molar-refractivity contribution in [1.82, 2.24) is 4.90 Å². The van der Waals surface area contributed by atoms with Crippen molar-refractivity contribution in [1.29, 1.82) is 0 Å². The van der Waals surface area contributed by atoms with Crippen LogP contribution in [0.25, 0.3) is 0 Å². The fourth-order valence-electron chi connectivity index (χ4n) is 3.12. The standard InChI is InChI=1S/C22H26N2O3/c1-15(22(26)23-19-8-6-18(7-9-19)16(2)25)24(20-10-11-20)14-17-4-12-21(27-3)13-5-17/h4-9,12-13,15,20H,10-11,14H2,1-3H3,(H,23,26)/t15-/m1/s1. The van der Waals surface area contributed by atoms with Crippen LogP contribution >= 0.6 is 0 Å². The molecule has 1 N–H and O–H groups in total. The van der Waals surface area contributed by atoms with Crippen molar-refractivity contribution in [2.75, 3.05) is 12.4 Å². The Morgan fingerprint density at radius 1 is 1.11 bits per heavy atom. The third-order valence-corrected chi connectivity index (χ3v) is 4.98. The van der Waals surface area contributed by atoms with Crippen molar-refractivity contribution >= 4 is 17.4 Å². The molecule has 1 saturated carbocycles. The highest BCUT2D eigenvalue weighted by molar-refractivity contribution is 5.97. The number of ketones is 1. The molecular weight excluding hydrogens is 340 g/mol. The van der Waals surface area contributed by atoms with E-state index in [1.165, 1.54) is 6.92 Å². The monoisotopic (exact) mass is 366 g/mol. The number of Topliss-reactive ketones (excluding diaryl/α,β-unsaturated/α-hetero) is 1. The maximum Gasteiger partial charge on any atom is 0.241 e. The van der Waals surface area contributed by atoms with Crippen LogP contribution in [-0.2, 0) is 11.3 Å². The number of nitrogens with one attached hydrogen (secondary N) is 1. The summed E-state index contributed by atoms with van der Waals surface area (Å²) < 4.78 is 5.21. The molecule has 0 spiro atoms. The van der Waals surface area contributed by atoms with E-state index in [-0.39, 0.29) is 17.7 Å². The van der Waals surface area contributed by atoms with Crippen LogP contribution in [0.5, 0.6) is 5.75 Å². The molecule has 0 radical (unpaired) electrons. The van der Waals surface area contributed by atoms with E-state index in [2.05, 4.69) is 10.2 Å². The van der Waals surface area contributed by atoms with Gasteiger partial charge in [0.25, 0.3) is 0 Å². The maximum absolute atomic E-state index is 12.8. The largest absolute Gasteiger partial charge is 0.497 e. The summed E-state index contributed by atoms with van der Waals surface area (Å²) in [4.78, 5) is 26.4. The lowest BCUT2D eigenvalue weighted by Crippen LogP contribution is -2.43. The van der Waals surface area contributed by atoms with Crippen molar-refractivity contribution in [3.8, 4) is 5.75 Å². The van der Waals surface area contributed by atoms with Crippen LogP contribution in [0.2, 0.25) is 0 Å². The topological polar surface area (TPSA) is 58.6 Å². The molecule has 2 aromatic rings. The fraction of sp³-hybridized carbons (Fsp3) is 0.364. The lowest BCUT2D eigenvalue weighted by atomic mass is 10.1. The molecule has 27 heavy (non-hydrogen) atoms. The summed E-state index contributed by atoms with van der Waals surface area (Å²) in [6.45, 7) is 4.20. The Morgan fingerprint density at radius 3 is 2.26 bits per heavy atom. The summed E-state index contributed by atoms with van der Waals surface area (Å²) in [5.74, 6) is 0.808. The van der Waals surface area contributed by atoms with Crippen molar-refractivity contribution in [2.45, 2.75) is 45.3 Å². The zero-order valence-corrected chi connectivity index (χ0v) is 16.1. The molecule has 0 bridgehead atoms. The van der Waals surface area contributed by atoms with Gasteiger partial charge in [-0.15, -0.1) is 0 Å². The van der Waals surface area contributed by atoms with Gasteiger partial charge < -0.3 is 10.1 Å². The summed E-state index contributed by atoms with van der Waals surface area (Å²) in [5.41, 5.74) is 2.50. The first-order chi connectivity index (χ1) is 13.0. The van der Waals surface area contributed by atoms with E-state index in [0.717, 1.165) is 30.7 Å². The minimum Gasteiger partial charge on any atom is -0.497 e. The molecule has 5 nitrogen and oxygen atoms in total. The Labute approximate surface area is 160 Å². The molecule has 1 aliphatic rings. The van der Waals surface area contributed by atoms with Crippen molar-refractivity contribution in [3.05, 3.63) is 59.7 Å². The molecule has 1 fully saturated rings. The molecule has 2 aromatic carbocycles. The summed E-state index contributed by atoms with van der Waals surface area (Å²) >= 11 is 0. The van der Waals surface area contributed by atoms with E-state index >= 15 is 0 Å². The van der Waals surface area contributed by atoms with E-state index in [1.54, 1.807) is 31.4 Å². The summed E-state index contributed by atoms with van der Waals surface area (Å²) in [6.07, 6.45) is 2.25. The molecule has 3 rings (SSSR count). The highest BCUT2D eigenvalue weighted by Crippen LogP contribution is 2.31. The molecular formula is C22H26N2O3. The number of hydrogen-bond donors (Lipinski definition) is 1. The molecule has 1 aliphatic carbocycles. The van der Waals surface area contributed by atoms with Gasteiger partial charge in [-0.2, -0.15) is 0 Å². The Bertz CT molecular complexity index is 795. The average Bonchev–Trinajstić information content (AvgIpc) is 3.51. The first kappa shape index (κ1) is 19.1. The van der Waals surface area contributed by atoms with E-state index < -0.39 is 0 Å². The van der Waals surface area contributed by atoms with Gasteiger partial charge in [0.15, 0.2) is 5.78 Å². The number of rotatable bonds is 8. The molecule has 0 unspecified atom stereocenters. The zero-order chi connectivity index (χ0) is 19.4. The van der Waals surface area contributed by atoms with Crippen LogP contribution in [-0.4, -0.2) is 35.8 Å². The van der Waals surface area contributed by atoms with Crippen LogP contribution in [0.3, 0.4) is 0 Å². The Balaban J connectivity index is 1.65. The highest BCUT2D eigenvalue weighted by atomic mass is 16.5. The summed E-state index contributed by atoms with van der Waals surface area (Å²) in [7, 11) is 1.65. The van der Waals surface area contributed by atoms with Crippen molar-refractivity contribution in [3.63, 3.8) is 0 Å². The quantitative estimate of drug-likeness (QED) is 0.720. The number of anilines is 1. The number of hydrogen-bond acceptors (Lipinski definition) is 4. The summed E-state index contributed by atoms with van der Waals surface area (Å²) in [5, 5.41) is 2.96. The van der Waals surface area contributed by atoms with Gasteiger partial charge in [-0.05, 0) is 68.7 Å². The number of nitrogens with zero attached hydrogens (tertiary/aromatic N) is 1. The van der Waals surface area contributed by atoms with Crippen molar-refractivity contribution < 1.29 is 14.3 Å². The molecule has 0 heterocycles. The second-order valence-corrected chi connectivity index (χ2v) is 7.05. The number of ether oxygens (including phenoxy) is 1. The van der Waals surface area contributed by atoms with Crippen LogP contribution in [0, 0.1) is 0 Å². The number of methoxy groups -OCH3 is 1. The van der Waals surface area contributed by atoms with E-state index in [9.17, 15) is 9.59 Å². The first-order valence-electron chi connectivity index (χ1n) is 9.28. The molecule has 142 valence electrons. The number of carbonyl (C=O) groups is 2.